The predicted molar refractivity (Wildman–Crippen MR) is 120 cm³/mol. The Morgan fingerprint density at radius 3 is 2.45 bits per heavy atom. The molecular weight excluding hydrogens is 435 g/mol. The summed E-state index contributed by atoms with van der Waals surface area (Å²) in [6.07, 6.45) is 0.284. The van der Waals surface area contributed by atoms with Gasteiger partial charge in [-0.25, -0.2) is 9.07 Å². The Labute approximate surface area is 188 Å². The van der Waals surface area contributed by atoms with Crippen molar-refractivity contribution in [2.24, 2.45) is 0 Å². The smallest absolute Gasteiger partial charge is 0.243 e. The molecule has 0 spiro atoms. The van der Waals surface area contributed by atoms with Gasteiger partial charge in [0, 0.05) is 4.90 Å². The molecule has 4 aromatic rings. The van der Waals surface area contributed by atoms with Crippen LogP contribution in [-0.2, 0) is 17.8 Å². The highest BCUT2D eigenvalue weighted by Gasteiger charge is 2.14. The van der Waals surface area contributed by atoms with Gasteiger partial charge in [0.2, 0.25) is 11.2 Å². The van der Waals surface area contributed by atoms with E-state index >= 15 is 0 Å². The van der Waals surface area contributed by atoms with Gasteiger partial charge in [-0.1, -0.05) is 54.6 Å². The Hall–Kier alpha value is -3.16. The van der Waals surface area contributed by atoms with E-state index in [1.807, 2.05) is 54.6 Å². The minimum atomic E-state index is -0.296. The molecule has 0 saturated heterocycles. The first-order chi connectivity index (χ1) is 15.1. The number of nitrogens with one attached hydrogen (secondary N) is 1. The lowest BCUT2D eigenvalue weighted by molar-refractivity contribution is -0.115. The number of hydrogen-bond donors (Lipinski definition) is 1. The lowest BCUT2D eigenvalue weighted by Crippen LogP contribution is -2.15. The van der Waals surface area contributed by atoms with Crippen molar-refractivity contribution in [2.75, 3.05) is 5.32 Å². The first kappa shape index (κ1) is 21.1. The number of carbonyl (C=O) groups excluding carboxylic acids is 1. The number of carbonyl (C=O) groups is 1. The van der Waals surface area contributed by atoms with Crippen molar-refractivity contribution < 1.29 is 9.18 Å². The van der Waals surface area contributed by atoms with Gasteiger partial charge < -0.3 is 5.32 Å². The van der Waals surface area contributed by atoms with Crippen LogP contribution in [0.3, 0.4) is 0 Å². The third-order valence-corrected chi connectivity index (χ3v) is 5.65. The molecule has 0 aliphatic carbocycles. The topological polar surface area (TPSA) is 59.8 Å². The molecule has 1 heterocycles. The van der Waals surface area contributed by atoms with Gasteiger partial charge in [-0.15, -0.1) is 5.10 Å². The molecular formula is C23H18ClFN4OS. The predicted octanol–water partition coefficient (Wildman–Crippen LogP) is 5.45. The van der Waals surface area contributed by atoms with Crippen molar-refractivity contribution in [3.63, 3.8) is 0 Å². The van der Waals surface area contributed by atoms with Crippen LogP contribution in [0.5, 0.6) is 0 Å². The Balaban J connectivity index is 1.51. The van der Waals surface area contributed by atoms with Crippen molar-refractivity contribution in [1.29, 1.82) is 0 Å². The lowest BCUT2D eigenvalue weighted by Gasteiger charge is -2.11. The van der Waals surface area contributed by atoms with Crippen molar-refractivity contribution >= 4 is 35.0 Å². The molecule has 0 atom stereocenters. The van der Waals surface area contributed by atoms with E-state index < -0.39 is 0 Å². The van der Waals surface area contributed by atoms with Crippen LogP contribution in [0, 0.1) is 5.82 Å². The molecule has 31 heavy (non-hydrogen) atoms. The minimum Gasteiger partial charge on any atom is -0.325 e. The molecule has 0 fully saturated rings. The maximum atomic E-state index is 13.2. The molecule has 156 valence electrons. The molecule has 0 saturated carbocycles. The number of nitrogens with zero attached hydrogens (tertiary/aromatic N) is 3. The number of aromatic nitrogens is 3. The highest BCUT2D eigenvalue weighted by molar-refractivity contribution is 7.99. The molecule has 0 unspecified atom stereocenters. The standard InChI is InChI=1S/C23H18ClFN4OS/c24-22-27-23(29(28-22)15-17-10-12-18(25)13-11-17)31-20-9-5-4-8-19(20)26-21(30)14-16-6-2-1-3-7-16/h1-13H,14-15H2,(H,26,30). The fraction of sp³-hybridized carbons (Fsp3) is 0.0870. The van der Waals surface area contributed by atoms with E-state index in [9.17, 15) is 9.18 Å². The van der Waals surface area contributed by atoms with Gasteiger partial charge in [0.05, 0.1) is 18.7 Å². The zero-order valence-corrected chi connectivity index (χ0v) is 17.9. The summed E-state index contributed by atoms with van der Waals surface area (Å²) in [6.45, 7) is 0.394. The molecule has 1 N–H and O–H groups in total. The van der Waals surface area contributed by atoms with Gasteiger partial charge in [0.25, 0.3) is 0 Å². The van der Waals surface area contributed by atoms with Crippen LogP contribution in [0.1, 0.15) is 11.1 Å². The lowest BCUT2D eigenvalue weighted by atomic mass is 10.1. The monoisotopic (exact) mass is 452 g/mol. The van der Waals surface area contributed by atoms with Crippen LogP contribution in [0.4, 0.5) is 10.1 Å². The third-order valence-electron chi connectivity index (χ3n) is 4.43. The van der Waals surface area contributed by atoms with E-state index in [0.29, 0.717) is 17.4 Å². The van der Waals surface area contributed by atoms with E-state index in [2.05, 4.69) is 15.4 Å². The van der Waals surface area contributed by atoms with Gasteiger partial charge in [0.15, 0.2) is 5.16 Å². The van der Waals surface area contributed by atoms with E-state index in [0.717, 1.165) is 16.0 Å². The summed E-state index contributed by atoms with van der Waals surface area (Å²) in [7, 11) is 0. The quantitative estimate of drug-likeness (QED) is 0.405. The van der Waals surface area contributed by atoms with E-state index in [4.69, 9.17) is 11.6 Å². The maximum Gasteiger partial charge on any atom is 0.243 e. The van der Waals surface area contributed by atoms with Crippen LogP contribution in [0.25, 0.3) is 0 Å². The van der Waals surface area contributed by atoms with Gasteiger partial charge >= 0.3 is 0 Å². The van der Waals surface area contributed by atoms with Crippen LogP contribution in [0.15, 0.2) is 88.9 Å². The maximum absolute atomic E-state index is 13.2. The summed E-state index contributed by atoms with van der Waals surface area (Å²) in [6, 6.07) is 23.2. The van der Waals surface area contributed by atoms with Gasteiger partial charge in [-0.05, 0) is 58.8 Å². The number of benzene rings is 3. The highest BCUT2D eigenvalue weighted by atomic mass is 35.5. The van der Waals surface area contributed by atoms with Crippen molar-refractivity contribution in [3.8, 4) is 0 Å². The average molecular weight is 453 g/mol. The molecule has 0 radical (unpaired) electrons. The summed E-state index contributed by atoms with van der Waals surface area (Å²) in [5.41, 5.74) is 2.49. The van der Waals surface area contributed by atoms with Crippen LogP contribution in [0.2, 0.25) is 5.28 Å². The minimum absolute atomic E-state index is 0.106. The zero-order valence-electron chi connectivity index (χ0n) is 16.3. The summed E-state index contributed by atoms with van der Waals surface area (Å²) < 4.78 is 14.8. The molecule has 1 aromatic heterocycles. The Bertz CT molecular complexity index is 1180. The van der Waals surface area contributed by atoms with Gasteiger partial charge in [-0.3, -0.25) is 4.79 Å². The first-order valence-corrected chi connectivity index (χ1v) is 10.7. The second-order valence-corrected chi connectivity index (χ2v) is 8.10. The van der Waals surface area contributed by atoms with Crippen LogP contribution in [-0.4, -0.2) is 20.7 Å². The highest BCUT2D eigenvalue weighted by Crippen LogP contribution is 2.33. The normalized spacial score (nSPS) is 10.8. The third kappa shape index (κ3) is 5.71. The number of para-hydroxylation sites is 1. The first-order valence-electron chi connectivity index (χ1n) is 9.52. The Morgan fingerprint density at radius 1 is 0.968 bits per heavy atom. The van der Waals surface area contributed by atoms with Crippen molar-refractivity contribution in [1.82, 2.24) is 14.8 Å². The van der Waals surface area contributed by atoms with Gasteiger partial charge in [0.1, 0.15) is 5.82 Å². The number of rotatable bonds is 7. The molecule has 0 aliphatic rings. The van der Waals surface area contributed by atoms with E-state index in [1.165, 1.54) is 23.9 Å². The van der Waals surface area contributed by atoms with E-state index in [1.54, 1.807) is 16.8 Å². The van der Waals surface area contributed by atoms with Crippen LogP contribution >= 0.6 is 23.4 Å². The molecule has 1 amide bonds. The summed E-state index contributed by atoms with van der Waals surface area (Å²) in [5, 5.41) is 7.90. The molecule has 5 nitrogen and oxygen atoms in total. The second-order valence-electron chi connectivity index (χ2n) is 6.76. The number of halogens is 2. The van der Waals surface area contributed by atoms with Crippen LogP contribution < -0.4 is 5.32 Å². The summed E-state index contributed by atoms with van der Waals surface area (Å²) >= 11 is 7.40. The van der Waals surface area contributed by atoms with E-state index in [-0.39, 0.29) is 23.4 Å². The second kappa shape index (κ2) is 9.76. The summed E-state index contributed by atoms with van der Waals surface area (Å²) in [4.78, 5) is 17.6. The molecule has 3 aromatic carbocycles. The molecule has 0 aliphatic heterocycles. The molecule has 8 heteroatoms. The zero-order chi connectivity index (χ0) is 21.6. The number of amides is 1. The number of hydrogen-bond acceptors (Lipinski definition) is 4. The molecule has 4 rings (SSSR count). The van der Waals surface area contributed by atoms with Crippen molar-refractivity contribution in [2.45, 2.75) is 23.0 Å². The average Bonchev–Trinajstić information content (AvgIpc) is 3.10. The fourth-order valence-electron chi connectivity index (χ4n) is 2.98. The van der Waals surface area contributed by atoms with Gasteiger partial charge in [-0.2, -0.15) is 4.98 Å². The Morgan fingerprint density at radius 2 is 1.68 bits per heavy atom. The fourth-order valence-corrected chi connectivity index (χ4v) is 4.11. The molecule has 0 bridgehead atoms. The number of anilines is 1. The Kier molecular flexibility index (Phi) is 6.64. The largest absolute Gasteiger partial charge is 0.325 e. The SMILES string of the molecule is O=C(Cc1ccccc1)Nc1ccccc1Sc1nc(Cl)nn1Cc1ccc(F)cc1. The summed E-state index contributed by atoms with van der Waals surface area (Å²) in [5.74, 6) is -0.403. The van der Waals surface area contributed by atoms with Crippen molar-refractivity contribution in [3.05, 3.63) is 101 Å².